The Bertz CT molecular complexity index is 466. The van der Waals surface area contributed by atoms with Gasteiger partial charge in [0.1, 0.15) is 11.7 Å². The lowest BCUT2D eigenvalue weighted by Gasteiger charge is -2.13. The molecule has 1 aromatic rings. The maximum absolute atomic E-state index is 12.0. The molecule has 0 aromatic carbocycles. The molecule has 100 valence electrons. The van der Waals surface area contributed by atoms with Crippen LogP contribution in [0.2, 0.25) is 0 Å². The van der Waals surface area contributed by atoms with Crippen LogP contribution in [-0.2, 0) is 11.8 Å². The van der Waals surface area contributed by atoms with Crippen LogP contribution >= 0.6 is 0 Å². The van der Waals surface area contributed by atoms with Gasteiger partial charge in [0.15, 0.2) is 0 Å². The molecule has 0 bridgehead atoms. The third-order valence-corrected chi connectivity index (χ3v) is 2.58. The van der Waals surface area contributed by atoms with Crippen LogP contribution in [0.4, 0.5) is 5.69 Å². The van der Waals surface area contributed by atoms with Crippen LogP contribution in [0.5, 0.6) is 0 Å². The summed E-state index contributed by atoms with van der Waals surface area (Å²) in [5.41, 5.74) is 6.96. The second-order valence-electron chi connectivity index (χ2n) is 4.06. The normalized spacial score (nSPS) is 12.0. The molecule has 0 aliphatic carbocycles. The Kier molecular flexibility index (Phi) is 4.30. The zero-order valence-electron chi connectivity index (χ0n) is 11.1. The molecule has 7 heteroatoms. The molecule has 0 radical (unpaired) electrons. The highest BCUT2D eigenvalue weighted by molar-refractivity contribution is 6.00. The van der Waals surface area contributed by atoms with Crippen LogP contribution in [0.25, 0.3) is 0 Å². The quantitative estimate of drug-likeness (QED) is 0.677. The maximum atomic E-state index is 12.0. The van der Waals surface area contributed by atoms with Crippen molar-refractivity contribution in [1.82, 2.24) is 20.4 Å². The minimum Gasteiger partial charge on any atom is -0.395 e. The average Bonchev–Trinajstić information content (AvgIpc) is 2.53. The Morgan fingerprint density at radius 1 is 1.50 bits per heavy atom. The van der Waals surface area contributed by atoms with Gasteiger partial charge in [-0.25, -0.2) is 0 Å². The first-order valence-corrected chi connectivity index (χ1v) is 5.76. The fraction of sp³-hybridized carbons (Fsp3) is 0.545. The molecular formula is C11H19N5O2. The van der Waals surface area contributed by atoms with Crippen molar-refractivity contribution in [2.45, 2.75) is 26.8 Å². The first kappa shape index (κ1) is 14.0. The number of nitrogens with zero attached hydrogens (tertiary/aromatic N) is 2. The van der Waals surface area contributed by atoms with Gasteiger partial charge in [0, 0.05) is 13.6 Å². The largest absolute Gasteiger partial charge is 0.395 e. The smallest absolute Gasteiger partial charge is 0.272 e. The Balaban J connectivity index is 2.80. The van der Waals surface area contributed by atoms with Gasteiger partial charge < -0.3 is 16.4 Å². The van der Waals surface area contributed by atoms with Crippen molar-refractivity contribution in [3.05, 3.63) is 11.4 Å². The number of nitrogens with one attached hydrogen (secondary N) is 2. The topological polar surface area (TPSA) is 102 Å². The summed E-state index contributed by atoms with van der Waals surface area (Å²) in [5.74, 6) is -0.641. The molecule has 0 aliphatic rings. The molecule has 0 aliphatic heterocycles. The van der Waals surface area contributed by atoms with Gasteiger partial charge in [0.05, 0.1) is 11.4 Å². The number of aryl methyl sites for hydroxylation is 2. The summed E-state index contributed by atoms with van der Waals surface area (Å²) in [5, 5.41) is 9.26. The van der Waals surface area contributed by atoms with E-state index in [1.54, 1.807) is 20.9 Å². The summed E-state index contributed by atoms with van der Waals surface area (Å²) < 4.78 is 1.41. The molecule has 1 atom stereocenters. The predicted octanol–water partition coefficient (Wildman–Crippen LogP) is -0.435. The summed E-state index contributed by atoms with van der Waals surface area (Å²) >= 11 is 0. The number of amides is 2. The first-order valence-electron chi connectivity index (χ1n) is 5.76. The minimum absolute atomic E-state index is 0.233. The number of rotatable bonds is 4. The third-order valence-electron chi connectivity index (χ3n) is 2.58. The van der Waals surface area contributed by atoms with E-state index in [2.05, 4.69) is 15.7 Å². The Morgan fingerprint density at radius 3 is 2.56 bits per heavy atom. The van der Waals surface area contributed by atoms with Crippen LogP contribution in [-0.4, -0.2) is 34.2 Å². The summed E-state index contributed by atoms with van der Waals surface area (Å²) in [4.78, 5) is 23.5. The number of likely N-dealkylation sites (N-methyl/N-ethyl adjacent to an activating group) is 1. The molecule has 0 fully saturated rings. The molecule has 1 unspecified atom stereocenters. The zero-order valence-corrected chi connectivity index (χ0v) is 11.1. The highest BCUT2D eigenvalue weighted by Crippen LogP contribution is 2.14. The van der Waals surface area contributed by atoms with E-state index in [0.717, 1.165) is 0 Å². The van der Waals surface area contributed by atoms with E-state index in [1.807, 2.05) is 6.92 Å². The lowest BCUT2D eigenvalue weighted by atomic mass is 10.2. The van der Waals surface area contributed by atoms with Gasteiger partial charge in [0.25, 0.3) is 5.91 Å². The molecule has 1 aromatic heterocycles. The van der Waals surface area contributed by atoms with Crippen molar-refractivity contribution in [3.63, 3.8) is 0 Å². The van der Waals surface area contributed by atoms with E-state index in [4.69, 9.17) is 5.73 Å². The van der Waals surface area contributed by atoms with E-state index in [-0.39, 0.29) is 11.6 Å². The number of carbonyl (C=O) groups excluding carboxylic acids is 2. The number of carbonyl (C=O) groups is 2. The van der Waals surface area contributed by atoms with Crippen molar-refractivity contribution in [2.75, 3.05) is 12.3 Å². The van der Waals surface area contributed by atoms with Crippen LogP contribution in [0.1, 0.15) is 30.0 Å². The molecule has 0 saturated heterocycles. The van der Waals surface area contributed by atoms with Crippen LogP contribution < -0.4 is 16.4 Å². The number of nitrogen functional groups attached to an aromatic ring is 1. The molecule has 0 saturated carbocycles. The molecule has 4 N–H and O–H groups in total. The lowest BCUT2D eigenvalue weighted by molar-refractivity contribution is -0.122. The second-order valence-corrected chi connectivity index (χ2v) is 4.06. The van der Waals surface area contributed by atoms with E-state index in [9.17, 15) is 9.59 Å². The third kappa shape index (κ3) is 2.79. The number of anilines is 1. The van der Waals surface area contributed by atoms with Gasteiger partial charge in [-0.05, 0) is 20.8 Å². The maximum Gasteiger partial charge on any atom is 0.272 e. The Labute approximate surface area is 106 Å². The second kappa shape index (κ2) is 5.52. The molecular weight excluding hydrogens is 234 g/mol. The van der Waals surface area contributed by atoms with Gasteiger partial charge >= 0.3 is 0 Å². The number of hydrogen-bond donors (Lipinski definition) is 3. The first-order chi connectivity index (χ1) is 8.38. The van der Waals surface area contributed by atoms with Gasteiger partial charge in [-0.3, -0.25) is 14.3 Å². The fourth-order valence-electron chi connectivity index (χ4n) is 1.60. The van der Waals surface area contributed by atoms with E-state index >= 15 is 0 Å². The fourth-order valence-corrected chi connectivity index (χ4v) is 1.60. The molecule has 2 amide bonds. The standard InChI is InChI=1S/C11H19N5O2/c1-5-13-10(17)7(3)14-11(18)9-8(12)6(2)15-16(9)4/h7H,5,12H2,1-4H3,(H,13,17)(H,14,18). The summed E-state index contributed by atoms with van der Waals surface area (Å²) in [7, 11) is 1.63. The Hall–Kier alpha value is -2.05. The monoisotopic (exact) mass is 253 g/mol. The lowest BCUT2D eigenvalue weighted by Crippen LogP contribution is -2.45. The van der Waals surface area contributed by atoms with Crippen LogP contribution in [0.15, 0.2) is 0 Å². The molecule has 7 nitrogen and oxygen atoms in total. The summed E-state index contributed by atoms with van der Waals surface area (Å²) in [6.07, 6.45) is 0. The predicted molar refractivity (Wildman–Crippen MR) is 68.0 cm³/mol. The van der Waals surface area contributed by atoms with E-state index in [0.29, 0.717) is 17.9 Å². The molecule has 1 rings (SSSR count). The SMILES string of the molecule is CCNC(=O)C(C)NC(=O)c1c(N)c(C)nn1C. The van der Waals surface area contributed by atoms with Crippen LogP contribution in [0, 0.1) is 6.92 Å². The average molecular weight is 253 g/mol. The van der Waals surface area contributed by atoms with Crippen molar-refractivity contribution in [1.29, 1.82) is 0 Å². The minimum atomic E-state index is -0.618. The van der Waals surface area contributed by atoms with Gasteiger partial charge in [-0.2, -0.15) is 5.10 Å². The van der Waals surface area contributed by atoms with Gasteiger partial charge in [-0.15, -0.1) is 0 Å². The van der Waals surface area contributed by atoms with Crippen molar-refractivity contribution in [2.24, 2.45) is 7.05 Å². The van der Waals surface area contributed by atoms with Crippen LogP contribution in [0.3, 0.4) is 0 Å². The highest BCUT2D eigenvalue weighted by atomic mass is 16.2. The van der Waals surface area contributed by atoms with Gasteiger partial charge in [-0.1, -0.05) is 0 Å². The Morgan fingerprint density at radius 2 is 2.11 bits per heavy atom. The van der Waals surface area contributed by atoms with E-state index in [1.165, 1.54) is 4.68 Å². The molecule has 18 heavy (non-hydrogen) atoms. The summed E-state index contributed by atoms with van der Waals surface area (Å²) in [6, 6.07) is -0.618. The number of aromatic nitrogens is 2. The summed E-state index contributed by atoms with van der Waals surface area (Å²) in [6.45, 7) is 5.67. The molecule has 1 heterocycles. The van der Waals surface area contributed by atoms with Crippen molar-refractivity contribution in [3.8, 4) is 0 Å². The highest BCUT2D eigenvalue weighted by Gasteiger charge is 2.21. The zero-order chi connectivity index (χ0) is 13.9. The van der Waals surface area contributed by atoms with Crippen molar-refractivity contribution >= 4 is 17.5 Å². The van der Waals surface area contributed by atoms with E-state index < -0.39 is 11.9 Å². The molecule has 0 spiro atoms. The number of hydrogen-bond acceptors (Lipinski definition) is 4. The number of nitrogens with two attached hydrogens (primary N) is 1. The van der Waals surface area contributed by atoms with Gasteiger partial charge in [0.2, 0.25) is 5.91 Å². The van der Waals surface area contributed by atoms with Crippen molar-refractivity contribution < 1.29 is 9.59 Å².